The van der Waals surface area contributed by atoms with Crippen molar-refractivity contribution in [3.8, 4) is 0 Å². The van der Waals surface area contributed by atoms with E-state index >= 15 is 0 Å². The van der Waals surface area contributed by atoms with Gasteiger partial charge in [-0.25, -0.2) is 0 Å². The van der Waals surface area contributed by atoms with Crippen LogP contribution in [0.5, 0.6) is 0 Å². The molecule has 0 aliphatic rings. The highest BCUT2D eigenvalue weighted by Gasteiger charge is 2.03. The number of hydrogen-bond donors (Lipinski definition) is 0. The maximum Gasteiger partial charge on any atom is 0.305 e. The fraction of sp³-hybridized carbons (Fsp3) is 0.850. The molecule has 0 aliphatic heterocycles. The Kier molecular flexibility index (Phi) is 16.0. The molecular weight excluding hydrogens is 272 g/mol. The van der Waals surface area contributed by atoms with Crippen molar-refractivity contribution in [3.63, 3.8) is 0 Å². The highest BCUT2D eigenvalue weighted by atomic mass is 16.5. The Morgan fingerprint density at radius 2 is 1.41 bits per heavy atom. The molecular formula is C20H38O2. The quantitative estimate of drug-likeness (QED) is 0.197. The lowest BCUT2D eigenvalue weighted by molar-refractivity contribution is -0.144. The van der Waals surface area contributed by atoms with Crippen molar-refractivity contribution in [3.05, 3.63) is 12.2 Å². The molecule has 130 valence electrons. The monoisotopic (exact) mass is 310 g/mol. The SMILES string of the molecule is CCCCC=CCCCCCCCCCC(=O)OCC(C)C. The van der Waals surface area contributed by atoms with E-state index in [4.69, 9.17) is 4.74 Å². The minimum Gasteiger partial charge on any atom is -0.465 e. The first-order valence-electron chi connectivity index (χ1n) is 9.47. The third-order valence-corrected chi connectivity index (χ3v) is 3.72. The Bertz CT molecular complexity index is 269. The zero-order chi connectivity index (χ0) is 16.5. The van der Waals surface area contributed by atoms with Gasteiger partial charge in [-0.05, 0) is 31.6 Å². The van der Waals surface area contributed by atoms with Gasteiger partial charge >= 0.3 is 5.97 Å². The van der Waals surface area contributed by atoms with E-state index in [9.17, 15) is 4.79 Å². The van der Waals surface area contributed by atoms with Crippen molar-refractivity contribution in [2.45, 2.75) is 97.8 Å². The summed E-state index contributed by atoms with van der Waals surface area (Å²) in [6.07, 6.45) is 19.1. The van der Waals surface area contributed by atoms with Crippen molar-refractivity contribution in [2.75, 3.05) is 6.61 Å². The second kappa shape index (κ2) is 16.6. The van der Waals surface area contributed by atoms with E-state index in [1.165, 1.54) is 57.8 Å². The molecule has 0 aromatic rings. The van der Waals surface area contributed by atoms with E-state index in [0.29, 0.717) is 18.9 Å². The summed E-state index contributed by atoms with van der Waals surface area (Å²) in [4.78, 5) is 11.4. The number of ether oxygens (including phenoxy) is 1. The largest absolute Gasteiger partial charge is 0.465 e. The van der Waals surface area contributed by atoms with E-state index in [1.807, 2.05) is 0 Å². The van der Waals surface area contributed by atoms with Crippen LogP contribution in [-0.2, 0) is 9.53 Å². The van der Waals surface area contributed by atoms with Crippen LogP contribution in [0.4, 0.5) is 0 Å². The Morgan fingerprint density at radius 3 is 2.00 bits per heavy atom. The number of unbranched alkanes of at least 4 members (excludes halogenated alkanes) is 9. The van der Waals surface area contributed by atoms with E-state index in [-0.39, 0.29) is 5.97 Å². The smallest absolute Gasteiger partial charge is 0.305 e. The van der Waals surface area contributed by atoms with Crippen molar-refractivity contribution in [2.24, 2.45) is 5.92 Å². The van der Waals surface area contributed by atoms with Crippen LogP contribution < -0.4 is 0 Å². The van der Waals surface area contributed by atoms with Gasteiger partial charge in [0.25, 0.3) is 0 Å². The predicted molar refractivity (Wildman–Crippen MR) is 96.0 cm³/mol. The van der Waals surface area contributed by atoms with Gasteiger partial charge in [-0.2, -0.15) is 0 Å². The Hall–Kier alpha value is -0.790. The number of carbonyl (C=O) groups excluding carboxylic acids is 1. The van der Waals surface area contributed by atoms with E-state index < -0.39 is 0 Å². The van der Waals surface area contributed by atoms with Gasteiger partial charge in [-0.1, -0.05) is 77.9 Å². The number of esters is 1. The first-order valence-corrected chi connectivity index (χ1v) is 9.47. The van der Waals surface area contributed by atoms with Gasteiger partial charge in [0.05, 0.1) is 6.61 Å². The molecule has 0 spiro atoms. The van der Waals surface area contributed by atoms with Gasteiger partial charge in [0.2, 0.25) is 0 Å². The molecule has 0 atom stereocenters. The zero-order valence-electron chi connectivity index (χ0n) is 15.2. The Morgan fingerprint density at radius 1 is 0.864 bits per heavy atom. The van der Waals surface area contributed by atoms with Crippen LogP contribution in [-0.4, -0.2) is 12.6 Å². The van der Waals surface area contributed by atoms with Crippen molar-refractivity contribution >= 4 is 5.97 Å². The minimum absolute atomic E-state index is 0.0245. The molecule has 0 radical (unpaired) electrons. The lowest BCUT2D eigenvalue weighted by Gasteiger charge is -2.06. The van der Waals surface area contributed by atoms with Crippen LogP contribution in [0.15, 0.2) is 12.2 Å². The van der Waals surface area contributed by atoms with E-state index in [1.54, 1.807) is 0 Å². The standard InChI is InChI=1S/C20H38O2/c1-4-5-6-7-8-9-10-11-12-13-14-15-16-17-20(21)22-18-19(2)3/h7-8,19H,4-6,9-18H2,1-3H3. The fourth-order valence-corrected chi connectivity index (χ4v) is 2.30. The topological polar surface area (TPSA) is 26.3 Å². The molecule has 0 saturated heterocycles. The van der Waals surface area contributed by atoms with Gasteiger partial charge in [-0.15, -0.1) is 0 Å². The highest BCUT2D eigenvalue weighted by Crippen LogP contribution is 2.11. The molecule has 2 heteroatoms. The highest BCUT2D eigenvalue weighted by molar-refractivity contribution is 5.69. The summed E-state index contributed by atoms with van der Waals surface area (Å²) in [6, 6.07) is 0. The molecule has 0 rings (SSSR count). The number of carbonyl (C=O) groups is 1. The lowest BCUT2D eigenvalue weighted by atomic mass is 10.1. The molecule has 0 aromatic carbocycles. The molecule has 0 saturated carbocycles. The second-order valence-corrected chi connectivity index (χ2v) is 6.70. The molecule has 0 fully saturated rings. The second-order valence-electron chi connectivity index (χ2n) is 6.70. The third-order valence-electron chi connectivity index (χ3n) is 3.72. The van der Waals surface area contributed by atoms with Gasteiger partial charge in [0, 0.05) is 6.42 Å². The summed E-state index contributed by atoms with van der Waals surface area (Å²) in [7, 11) is 0. The average molecular weight is 311 g/mol. The van der Waals surface area contributed by atoms with Crippen LogP contribution in [0.1, 0.15) is 97.8 Å². The molecule has 0 unspecified atom stereocenters. The Labute approximate surface area is 138 Å². The maximum absolute atomic E-state index is 11.4. The summed E-state index contributed by atoms with van der Waals surface area (Å²) in [5, 5.41) is 0. The Balaban J connectivity index is 3.17. The van der Waals surface area contributed by atoms with Crippen LogP contribution in [0.25, 0.3) is 0 Å². The number of allylic oxidation sites excluding steroid dienone is 2. The number of rotatable bonds is 15. The van der Waals surface area contributed by atoms with Crippen LogP contribution in [0.2, 0.25) is 0 Å². The predicted octanol–water partition coefficient (Wildman–Crippen LogP) is 6.44. The summed E-state index contributed by atoms with van der Waals surface area (Å²) in [5.41, 5.74) is 0. The van der Waals surface area contributed by atoms with Crippen LogP contribution in [0, 0.1) is 5.92 Å². The summed E-state index contributed by atoms with van der Waals surface area (Å²) >= 11 is 0. The minimum atomic E-state index is -0.0245. The van der Waals surface area contributed by atoms with Gasteiger partial charge in [-0.3, -0.25) is 4.79 Å². The maximum atomic E-state index is 11.4. The molecule has 0 amide bonds. The molecule has 0 heterocycles. The van der Waals surface area contributed by atoms with Crippen molar-refractivity contribution in [1.82, 2.24) is 0 Å². The normalized spacial score (nSPS) is 11.5. The van der Waals surface area contributed by atoms with Crippen LogP contribution >= 0.6 is 0 Å². The molecule has 0 aliphatic carbocycles. The van der Waals surface area contributed by atoms with E-state index in [0.717, 1.165) is 12.8 Å². The van der Waals surface area contributed by atoms with Crippen LogP contribution in [0.3, 0.4) is 0 Å². The van der Waals surface area contributed by atoms with Gasteiger partial charge < -0.3 is 4.74 Å². The fourth-order valence-electron chi connectivity index (χ4n) is 2.30. The summed E-state index contributed by atoms with van der Waals surface area (Å²) < 4.78 is 5.17. The molecule has 0 N–H and O–H groups in total. The van der Waals surface area contributed by atoms with E-state index in [2.05, 4.69) is 32.9 Å². The molecule has 0 bridgehead atoms. The zero-order valence-corrected chi connectivity index (χ0v) is 15.2. The van der Waals surface area contributed by atoms with Gasteiger partial charge in [0.15, 0.2) is 0 Å². The summed E-state index contributed by atoms with van der Waals surface area (Å²) in [5.74, 6) is 0.411. The average Bonchev–Trinajstić information content (AvgIpc) is 2.49. The molecule has 0 aromatic heterocycles. The molecule has 2 nitrogen and oxygen atoms in total. The number of hydrogen-bond acceptors (Lipinski definition) is 2. The lowest BCUT2D eigenvalue weighted by Crippen LogP contribution is -2.09. The first-order chi connectivity index (χ1) is 10.7. The first kappa shape index (κ1) is 21.2. The van der Waals surface area contributed by atoms with Crippen molar-refractivity contribution in [1.29, 1.82) is 0 Å². The summed E-state index contributed by atoms with van der Waals surface area (Å²) in [6.45, 7) is 6.93. The molecule has 22 heavy (non-hydrogen) atoms. The van der Waals surface area contributed by atoms with Gasteiger partial charge in [0.1, 0.15) is 0 Å². The van der Waals surface area contributed by atoms with Crippen molar-refractivity contribution < 1.29 is 9.53 Å². The third kappa shape index (κ3) is 17.3.